The molecule has 0 atom stereocenters. The van der Waals surface area contributed by atoms with Crippen LogP contribution in [0.4, 0.5) is 4.79 Å². The van der Waals surface area contributed by atoms with E-state index >= 15 is 0 Å². The number of rotatable bonds is 13. The zero-order valence-electron chi connectivity index (χ0n) is 15.2. The quantitative estimate of drug-likeness (QED) is 0.201. The second-order valence-electron chi connectivity index (χ2n) is 6.25. The maximum atomic E-state index is 11.7. The van der Waals surface area contributed by atoms with Crippen LogP contribution in [0, 0.1) is 6.92 Å². The van der Waals surface area contributed by atoms with Gasteiger partial charge in [0.1, 0.15) is 5.75 Å². The average Bonchev–Trinajstić information content (AvgIpc) is 2.58. The summed E-state index contributed by atoms with van der Waals surface area (Å²) in [7, 11) is 2.81. The predicted molar refractivity (Wildman–Crippen MR) is 109 cm³/mol. The lowest BCUT2D eigenvalue weighted by Crippen LogP contribution is -1.98. The van der Waals surface area contributed by atoms with E-state index in [1.54, 1.807) is 10.8 Å². The van der Waals surface area contributed by atoms with Crippen molar-refractivity contribution >= 4 is 26.9 Å². The zero-order valence-corrected chi connectivity index (χ0v) is 16.9. The van der Waals surface area contributed by atoms with Crippen LogP contribution in [0.5, 0.6) is 5.75 Å². The van der Waals surface area contributed by atoms with Crippen LogP contribution in [0.3, 0.4) is 0 Å². The Morgan fingerprint density at radius 2 is 1.42 bits per heavy atom. The highest BCUT2D eigenvalue weighted by atomic mass is 33.1. The molecule has 0 aliphatic rings. The molecule has 1 rings (SSSR count). The highest BCUT2D eigenvalue weighted by Gasteiger charge is 2.06. The van der Waals surface area contributed by atoms with Crippen LogP contribution < -0.4 is 4.74 Å². The minimum Gasteiger partial charge on any atom is -0.418 e. The molecule has 0 aliphatic heterocycles. The molecule has 136 valence electrons. The molecule has 0 heterocycles. The molecule has 0 amide bonds. The van der Waals surface area contributed by atoms with Gasteiger partial charge in [0.05, 0.1) is 0 Å². The Balaban J connectivity index is 1.87. The van der Waals surface area contributed by atoms with Gasteiger partial charge in [0.2, 0.25) is 0 Å². The fraction of sp³-hybridized carbons (Fsp3) is 0.650. The monoisotopic (exact) mass is 368 g/mol. The van der Waals surface area contributed by atoms with E-state index in [9.17, 15) is 4.79 Å². The fourth-order valence-electron chi connectivity index (χ4n) is 2.46. The molecule has 0 saturated heterocycles. The van der Waals surface area contributed by atoms with Crippen molar-refractivity contribution in [3.8, 4) is 5.75 Å². The largest absolute Gasteiger partial charge is 0.418 e. The molecule has 1 aromatic carbocycles. The van der Waals surface area contributed by atoms with E-state index in [4.69, 9.17) is 4.74 Å². The highest BCUT2D eigenvalue weighted by Crippen LogP contribution is 2.26. The molecule has 2 nitrogen and oxygen atoms in total. The van der Waals surface area contributed by atoms with Gasteiger partial charge in [-0.3, -0.25) is 0 Å². The number of benzene rings is 1. The van der Waals surface area contributed by atoms with Crippen molar-refractivity contribution in [3.05, 3.63) is 29.8 Å². The van der Waals surface area contributed by atoms with Gasteiger partial charge in [-0.25, -0.2) is 4.79 Å². The molecule has 0 saturated carbocycles. The number of hydrogen-bond acceptors (Lipinski definition) is 4. The second kappa shape index (κ2) is 14.7. The van der Waals surface area contributed by atoms with Gasteiger partial charge in [0.15, 0.2) is 0 Å². The summed E-state index contributed by atoms with van der Waals surface area (Å²) in [5.41, 5.74) is 1.16. The summed E-state index contributed by atoms with van der Waals surface area (Å²) in [4.78, 5) is 11.7. The molecule has 0 bridgehead atoms. The van der Waals surface area contributed by atoms with Crippen molar-refractivity contribution in [3.63, 3.8) is 0 Å². The molecule has 0 aromatic heterocycles. The van der Waals surface area contributed by atoms with Crippen molar-refractivity contribution in [2.75, 3.05) is 5.75 Å². The van der Waals surface area contributed by atoms with Crippen molar-refractivity contribution in [1.82, 2.24) is 0 Å². The second-order valence-corrected chi connectivity index (χ2v) is 8.60. The first-order valence-corrected chi connectivity index (χ1v) is 11.6. The molecule has 0 N–H and O–H groups in total. The van der Waals surface area contributed by atoms with Gasteiger partial charge >= 0.3 is 5.30 Å². The van der Waals surface area contributed by atoms with E-state index in [2.05, 4.69) is 6.92 Å². The Kier molecular flexibility index (Phi) is 13.1. The Bertz CT molecular complexity index is 432. The molecule has 0 fully saturated rings. The average molecular weight is 369 g/mol. The third kappa shape index (κ3) is 11.9. The Hall–Kier alpha value is -0.610. The third-order valence-corrected chi connectivity index (χ3v) is 5.98. The summed E-state index contributed by atoms with van der Waals surface area (Å²) in [6.45, 7) is 4.28. The molecule has 1 aromatic rings. The van der Waals surface area contributed by atoms with Gasteiger partial charge in [-0.2, -0.15) is 0 Å². The van der Waals surface area contributed by atoms with Crippen LogP contribution in [0.2, 0.25) is 0 Å². The van der Waals surface area contributed by atoms with Crippen LogP contribution in [-0.4, -0.2) is 11.1 Å². The first-order chi connectivity index (χ1) is 11.7. The molecule has 4 heteroatoms. The Morgan fingerprint density at radius 3 is 2.00 bits per heavy atom. The lowest BCUT2D eigenvalue weighted by atomic mass is 10.1. The van der Waals surface area contributed by atoms with Gasteiger partial charge in [0, 0.05) is 16.5 Å². The van der Waals surface area contributed by atoms with E-state index in [1.807, 2.05) is 31.2 Å². The van der Waals surface area contributed by atoms with Crippen molar-refractivity contribution in [2.45, 2.75) is 78.1 Å². The third-order valence-electron chi connectivity index (χ3n) is 3.93. The SMILES string of the molecule is CCCCCCCCCCCCSSC(=O)Oc1ccc(C)cc1. The number of carbonyl (C=O) groups excluding carboxylic acids is 1. The minimum atomic E-state index is -0.226. The standard InChI is InChI=1S/C20H32O2S2/c1-3-4-5-6-7-8-9-10-11-12-17-23-24-20(21)22-19-15-13-18(2)14-16-19/h13-16H,3-12,17H2,1-2H3. The summed E-state index contributed by atoms with van der Waals surface area (Å²) >= 11 is 0. The first kappa shape index (κ1) is 21.4. The lowest BCUT2D eigenvalue weighted by Gasteiger charge is -2.04. The summed E-state index contributed by atoms with van der Waals surface area (Å²) < 4.78 is 5.27. The van der Waals surface area contributed by atoms with Crippen LogP contribution in [0.1, 0.15) is 76.7 Å². The molecule has 0 unspecified atom stereocenters. The van der Waals surface area contributed by atoms with Crippen LogP contribution in [0.15, 0.2) is 24.3 Å². The van der Waals surface area contributed by atoms with E-state index in [0.29, 0.717) is 5.75 Å². The summed E-state index contributed by atoms with van der Waals surface area (Å²) in [6.07, 6.45) is 13.5. The number of ether oxygens (including phenoxy) is 1. The smallest absolute Gasteiger partial charge is 0.383 e. The number of aryl methyl sites for hydroxylation is 1. The molecule has 0 radical (unpaired) electrons. The molecular formula is C20H32O2S2. The molecular weight excluding hydrogens is 336 g/mol. The van der Waals surface area contributed by atoms with E-state index in [1.165, 1.54) is 75.0 Å². The van der Waals surface area contributed by atoms with Gasteiger partial charge in [-0.15, -0.1) is 0 Å². The number of carbonyl (C=O) groups is 1. The summed E-state index contributed by atoms with van der Waals surface area (Å²) in [6, 6.07) is 7.57. The molecule has 0 spiro atoms. The summed E-state index contributed by atoms with van der Waals surface area (Å²) in [5.74, 6) is 1.64. The lowest BCUT2D eigenvalue weighted by molar-refractivity contribution is 0.227. The maximum Gasteiger partial charge on any atom is 0.383 e. The normalized spacial score (nSPS) is 10.8. The molecule has 24 heavy (non-hydrogen) atoms. The maximum absolute atomic E-state index is 11.7. The number of hydrogen-bond donors (Lipinski definition) is 0. The van der Waals surface area contributed by atoms with E-state index in [-0.39, 0.29) is 5.30 Å². The topological polar surface area (TPSA) is 26.3 Å². The first-order valence-electron chi connectivity index (χ1n) is 9.30. The number of unbranched alkanes of at least 4 members (excludes halogenated alkanes) is 9. The minimum absolute atomic E-state index is 0.226. The zero-order chi connectivity index (χ0) is 17.5. The van der Waals surface area contributed by atoms with Gasteiger partial charge in [0.25, 0.3) is 0 Å². The van der Waals surface area contributed by atoms with Crippen LogP contribution >= 0.6 is 21.6 Å². The highest BCUT2D eigenvalue weighted by molar-refractivity contribution is 8.82. The van der Waals surface area contributed by atoms with Crippen LogP contribution in [-0.2, 0) is 0 Å². The van der Waals surface area contributed by atoms with Gasteiger partial charge < -0.3 is 4.74 Å². The van der Waals surface area contributed by atoms with Crippen molar-refractivity contribution in [2.24, 2.45) is 0 Å². The Morgan fingerprint density at radius 1 is 0.875 bits per heavy atom. The molecule has 0 aliphatic carbocycles. The van der Waals surface area contributed by atoms with Crippen molar-refractivity contribution < 1.29 is 9.53 Å². The van der Waals surface area contributed by atoms with Gasteiger partial charge in [-0.05, 0) is 25.5 Å². The van der Waals surface area contributed by atoms with Crippen LogP contribution in [0.25, 0.3) is 0 Å². The Labute approximate surface area is 155 Å². The van der Waals surface area contributed by atoms with Gasteiger partial charge in [-0.1, -0.05) is 93.2 Å². The predicted octanol–water partition coefficient (Wildman–Crippen LogP) is 7.80. The summed E-state index contributed by atoms with van der Waals surface area (Å²) in [5, 5.41) is -0.226. The van der Waals surface area contributed by atoms with E-state index < -0.39 is 0 Å². The van der Waals surface area contributed by atoms with Crippen molar-refractivity contribution in [1.29, 1.82) is 0 Å². The van der Waals surface area contributed by atoms with E-state index in [0.717, 1.165) is 11.3 Å². The fourth-order valence-corrected chi connectivity index (χ4v) is 4.08.